The second-order valence-electron chi connectivity index (χ2n) is 5.46. The number of hydrogen-bond donors (Lipinski definition) is 1. The molecule has 1 aromatic carbocycles. The van der Waals surface area contributed by atoms with E-state index in [0.717, 1.165) is 30.4 Å². The first-order chi connectivity index (χ1) is 7.87. The molecule has 1 aromatic rings. The van der Waals surface area contributed by atoms with Crippen molar-refractivity contribution in [2.75, 3.05) is 13.6 Å². The molecule has 0 atom stereocenters. The van der Waals surface area contributed by atoms with Crippen LogP contribution in [0.5, 0.6) is 0 Å². The molecule has 0 radical (unpaired) electrons. The van der Waals surface area contributed by atoms with Crippen LogP contribution in [0.25, 0.3) is 0 Å². The summed E-state index contributed by atoms with van der Waals surface area (Å²) in [6.07, 6.45) is 2.21. The zero-order chi connectivity index (χ0) is 12.9. The van der Waals surface area contributed by atoms with E-state index in [1.807, 2.05) is 0 Å². The van der Waals surface area contributed by atoms with E-state index in [4.69, 9.17) is 5.73 Å². The summed E-state index contributed by atoms with van der Waals surface area (Å²) in [5.41, 5.74) is 7.27. The van der Waals surface area contributed by atoms with E-state index < -0.39 is 0 Å². The van der Waals surface area contributed by atoms with Crippen molar-refractivity contribution in [2.24, 2.45) is 5.73 Å². The molecule has 0 aliphatic carbocycles. The molecule has 17 heavy (non-hydrogen) atoms. The van der Waals surface area contributed by atoms with Crippen LogP contribution in [-0.4, -0.2) is 24.0 Å². The number of nitrogens with zero attached hydrogens (tertiary/aromatic N) is 1. The Morgan fingerprint density at radius 1 is 1.35 bits per heavy atom. The Labute approximate surface area is 113 Å². The van der Waals surface area contributed by atoms with Gasteiger partial charge in [0.2, 0.25) is 0 Å². The fourth-order valence-electron chi connectivity index (χ4n) is 1.83. The third-order valence-electron chi connectivity index (χ3n) is 2.70. The molecule has 0 amide bonds. The molecule has 2 N–H and O–H groups in total. The normalized spacial score (nSPS) is 12.1. The van der Waals surface area contributed by atoms with E-state index in [0.29, 0.717) is 0 Å². The highest BCUT2D eigenvalue weighted by molar-refractivity contribution is 9.10. The van der Waals surface area contributed by atoms with Crippen molar-refractivity contribution in [1.29, 1.82) is 0 Å². The van der Waals surface area contributed by atoms with Crippen LogP contribution in [0.3, 0.4) is 0 Å². The summed E-state index contributed by atoms with van der Waals surface area (Å²) in [5, 5.41) is 0. The van der Waals surface area contributed by atoms with E-state index >= 15 is 0 Å². The van der Waals surface area contributed by atoms with Crippen molar-refractivity contribution in [1.82, 2.24) is 4.90 Å². The third kappa shape index (κ3) is 6.81. The van der Waals surface area contributed by atoms with E-state index in [2.05, 4.69) is 66.0 Å². The Morgan fingerprint density at radius 2 is 2.06 bits per heavy atom. The third-order valence-corrected chi connectivity index (χ3v) is 3.20. The Bertz CT molecular complexity index is 344. The lowest BCUT2D eigenvalue weighted by molar-refractivity contribution is 0.303. The van der Waals surface area contributed by atoms with E-state index in [1.165, 1.54) is 5.56 Å². The average Bonchev–Trinajstić information content (AvgIpc) is 2.15. The molecular weight excluding hydrogens is 276 g/mol. The molecule has 0 fully saturated rings. The van der Waals surface area contributed by atoms with Gasteiger partial charge in [-0.2, -0.15) is 0 Å². The van der Waals surface area contributed by atoms with Crippen molar-refractivity contribution < 1.29 is 0 Å². The van der Waals surface area contributed by atoms with E-state index in [-0.39, 0.29) is 5.54 Å². The van der Waals surface area contributed by atoms with Gasteiger partial charge in [-0.25, -0.2) is 0 Å². The van der Waals surface area contributed by atoms with Crippen molar-refractivity contribution in [2.45, 2.75) is 38.8 Å². The quantitative estimate of drug-likeness (QED) is 0.872. The molecule has 0 unspecified atom stereocenters. The lowest BCUT2D eigenvalue weighted by atomic mass is 10.00. The minimum absolute atomic E-state index is 0.0450. The largest absolute Gasteiger partial charge is 0.326 e. The van der Waals surface area contributed by atoms with E-state index in [9.17, 15) is 0 Å². The fraction of sp³-hybridized carbons (Fsp3) is 0.571. The van der Waals surface area contributed by atoms with Gasteiger partial charge in [0.1, 0.15) is 0 Å². The Hall–Kier alpha value is -0.380. The molecule has 3 heteroatoms. The van der Waals surface area contributed by atoms with Crippen molar-refractivity contribution in [3.8, 4) is 0 Å². The van der Waals surface area contributed by atoms with Gasteiger partial charge in [0.05, 0.1) is 0 Å². The number of hydrogen-bond acceptors (Lipinski definition) is 2. The van der Waals surface area contributed by atoms with Crippen LogP contribution in [0.15, 0.2) is 28.7 Å². The molecule has 1 rings (SSSR count). The SMILES string of the molecule is CN(CCCC(C)(C)N)Cc1cccc(Br)c1. The minimum Gasteiger partial charge on any atom is -0.326 e. The smallest absolute Gasteiger partial charge is 0.0231 e. The van der Waals surface area contributed by atoms with Crippen LogP contribution in [0.2, 0.25) is 0 Å². The van der Waals surface area contributed by atoms with Gasteiger partial charge < -0.3 is 10.6 Å². The average molecular weight is 299 g/mol. The molecule has 2 nitrogen and oxygen atoms in total. The molecule has 96 valence electrons. The first-order valence-electron chi connectivity index (χ1n) is 6.09. The van der Waals surface area contributed by atoms with Gasteiger partial charge in [0, 0.05) is 16.6 Å². The van der Waals surface area contributed by atoms with Gasteiger partial charge in [-0.3, -0.25) is 0 Å². The number of benzene rings is 1. The lowest BCUT2D eigenvalue weighted by Gasteiger charge is -2.21. The Kier molecular flexibility index (Phi) is 5.63. The maximum atomic E-state index is 5.97. The first-order valence-corrected chi connectivity index (χ1v) is 6.88. The molecule has 0 spiro atoms. The molecule has 0 aliphatic rings. The zero-order valence-corrected chi connectivity index (χ0v) is 12.6. The van der Waals surface area contributed by atoms with Gasteiger partial charge in [-0.15, -0.1) is 0 Å². The topological polar surface area (TPSA) is 29.3 Å². The van der Waals surface area contributed by atoms with Crippen LogP contribution < -0.4 is 5.73 Å². The fourth-order valence-corrected chi connectivity index (χ4v) is 2.28. The Balaban J connectivity index is 2.32. The predicted molar refractivity (Wildman–Crippen MR) is 78.0 cm³/mol. The van der Waals surface area contributed by atoms with Gasteiger partial charge in [0.25, 0.3) is 0 Å². The van der Waals surface area contributed by atoms with Crippen LogP contribution in [0, 0.1) is 0 Å². The maximum absolute atomic E-state index is 5.97. The lowest BCUT2D eigenvalue weighted by Crippen LogP contribution is -2.33. The molecular formula is C14H23BrN2. The molecule has 0 aromatic heterocycles. The van der Waals surface area contributed by atoms with E-state index in [1.54, 1.807) is 0 Å². The first kappa shape index (κ1) is 14.7. The molecule has 0 aliphatic heterocycles. The molecule has 0 heterocycles. The Morgan fingerprint density at radius 3 is 2.65 bits per heavy atom. The van der Waals surface area contributed by atoms with Crippen LogP contribution in [-0.2, 0) is 6.54 Å². The van der Waals surface area contributed by atoms with Crippen molar-refractivity contribution >= 4 is 15.9 Å². The predicted octanol–water partition coefficient (Wildman–Crippen LogP) is 3.40. The second-order valence-corrected chi connectivity index (χ2v) is 6.38. The highest BCUT2D eigenvalue weighted by Crippen LogP contribution is 2.13. The molecule has 0 bridgehead atoms. The monoisotopic (exact) mass is 298 g/mol. The summed E-state index contributed by atoms with van der Waals surface area (Å²) in [6, 6.07) is 8.47. The van der Waals surface area contributed by atoms with Crippen LogP contribution in [0.4, 0.5) is 0 Å². The van der Waals surface area contributed by atoms with Gasteiger partial charge in [-0.1, -0.05) is 28.1 Å². The summed E-state index contributed by atoms with van der Waals surface area (Å²) in [5.74, 6) is 0. The molecule has 0 saturated heterocycles. The van der Waals surface area contributed by atoms with Crippen LogP contribution >= 0.6 is 15.9 Å². The highest BCUT2D eigenvalue weighted by Gasteiger charge is 2.10. The van der Waals surface area contributed by atoms with Gasteiger partial charge >= 0.3 is 0 Å². The summed E-state index contributed by atoms with van der Waals surface area (Å²) in [4.78, 5) is 2.34. The second kappa shape index (κ2) is 6.53. The summed E-state index contributed by atoms with van der Waals surface area (Å²) in [7, 11) is 2.16. The number of halogens is 1. The standard InChI is InChI=1S/C14H23BrN2/c1-14(2,16)8-5-9-17(3)11-12-6-4-7-13(15)10-12/h4,6-7,10H,5,8-9,11,16H2,1-3H3. The van der Waals surface area contributed by atoms with Crippen molar-refractivity contribution in [3.63, 3.8) is 0 Å². The number of nitrogens with two attached hydrogens (primary N) is 1. The molecule has 0 saturated carbocycles. The summed E-state index contributed by atoms with van der Waals surface area (Å²) >= 11 is 3.50. The highest BCUT2D eigenvalue weighted by atomic mass is 79.9. The van der Waals surface area contributed by atoms with Gasteiger partial charge in [-0.05, 0) is 58.0 Å². The van der Waals surface area contributed by atoms with Gasteiger partial charge in [0.15, 0.2) is 0 Å². The zero-order valence-electron chi connectivity index (χ0n) is 11.0. The summed E-state index contributed by atoms with van der Waals surface area (Å²) in [6.45, 7) is 6.25. The minimum atomic E-state index is -0.0450. The van der Waals surface area contributed by atoms with Crippen LogP contribution in [0.1, 0.15) is 32.3 Å². The van der Waals surface area contributed by atoms with Crippen molar-refractivity contribution in [3.05, 3.63) is 34.3 Å². The maximum Gasteiger partial charge on any atom is 0.0231 e. The number of rotatable bonds is 6. The summed E-state index contributed by atoms with van der Waals surface area (Å²) < 4.78 is 1.14.